The van der Waals surface area contributed by atoms with Crippen LogP contribution in [0.3, 0.4) is 0 Å². The fourth-order valence-electron chi connectivity index (χ4n) is 1.40. The predicted octanol–water partition coefficient (Wildman–Crippen LogP) is 5.02. The van der Waals surface area contributed by atoms with Crippen LogP contribution in [0, 0.1) is 3.57 Å². The Balaban J connectivity index is 0.00000101. The Hall–Kier alpha value is -0.360. The van der Waals surface area contributed by atoms with Crippen LogP contribution in [0.4, 0.5) is 10.5 Å². The minimum atomic E-state index is -3.72. The molecule has 1 aromatic rings. The molecule has 1 amide bonds. The molecule has 1 rings (SSSR count). The normalized spacial score (nSPS) is 11.1. The first-order valence-corrected chi connectivity index (χ1v) is 11.0. The molecule has 0 aliphatic rings. The number of amides is 1. The van der Waals surface area contributed by atoms with E-state index in [1.54, 1.807) is 26.8 Å². The van der Waals surface area contributed by atoms with Crippen LogP contribution in [0.5, 0.6) is 11.5 Å². The van der Waals surface area contributed by atoms with Gasteiger partial charge in [0.1, 0.15) is 22.1 Å². The van der Waals surface area contributed by atoms with Crippen molar-refractivity contribution in [2.45, 2.75) is 26.4 Å². The van der Waals surface area contributed by atoms with E-state index in [0.717, 1.165) is 0 Å². The Labute approximate surface area is 174 Å². The van der Waals surface area contributed by atoms with Gasteiger partial charge < -0.3 is 14.2 Å². The second-order valence-corrected chi connectivity index (χ2v) is 10.4. The SMILES string of the molecule is COc1cc(OC)c(I)c(NC(=O)OC(C)(C)C)c1Cl.O=S(=O)(Cl)Cl. The van der Waals surface area contributed by atoms with Gasteiger partial charge in [0.15, 0.2) is 0 Å². The molecule has 25 heavy (non-hydrogen) atoms. The minimum absolute atomic E-state index is 0.295. The van der Waals surface area contributed by atoms with Crippen LogP contribution in [0.2, 0.25) is 5.02 Å². The molecule has 0 saturated carbocycles. The molecule has 0 aliphatic heterocycles. The van der Waals surface area contributed by atoms with Crippen LogP contribution in [-0.2, 0) is 13.0 Å². The maximum Gasteiger partial charge on any atom is 0.412 e. The summed E-state index contributed by atoms with van der Waals surface area (Å²) in [5.74, 6) is 0.966. The monoisotopic (exact) mass is 547 g/mol. The molecule has 0 aliphatic carbocycles. The molecule has 0 fully saturated rings. The third-order valence-corrected chi connectivity index (χ3v) is 3.65. The van der Waals surface area contributed by atoms with Crippen molar-refractivity contribution in [3.05, 3.63) is 14.7 Å². The van der Waals surface area contributed by atoms with E-state index in [1.165, 1.54) is 14.2 Å². The molecule has 0 bridgehead atoms. The summed E-state index contributed by atoms with van der Waals surface area (Å²) < 4.78 is 34.6. The molecule has 0 unspecified atom stereocenters. The summed E-state index contributed by atoms with van der Waals surface area (Å²) >= 11 is 8.24. The number of halogens is 4. The Kier molecular flexibility index (Phi) is 9.95. The molecule has 0 spiro atoms. The Morgan fingerprint density at radius 3 is 1.96 bits per heavy atom. The van der Waals surface area contributed by atoms with Gasteiger partial charge in [-0.1, -0.05) is 11.6 Å². The Morgan fingerprint density at radius 2 is 1.60 bits per heavy atom. The Morgan fingerprint density at radius 1 is 1.16 bits per heavy atom. The van der Waals surface area contributed by atoms with Gasteiger partial charge in [-0.15, -0.1) is 0 Å². The number of carbonyl (C=O) groups is 1. The molecule has 12 heteroatoms. The average Bonchev–Trinajstić information content (AvgIpc) is 2.40. The second kappa shape index (κ2) is 10.1. The van der Waals surface area contributed by atoms with E-state index in [4.69, 9.17) is 34.2 Å². The van der Waals surface area contributed by atoms with E-state index < -0.39 is 20.0 Å². The van der Waals surface area contributed by atoms with Crippen molar-refractivity contribution in [2.24, 2.45) is 0 Å². The van der Waals surface area contributed by atoms with Gasteiger partial charge in [0, 0.05) is 27.4 Å². The molecule has 1 aromatic carbocycles. The van der Waals surface area contributed by atoms with Gasteiger partial charge in [0.25, 0.3) is 0 Å². The van der Waals surface area contributed by atoms with Gasteiger partial charge in [0.05, 0.1) is 23.5 Å². The molecule has 7 nitrogen and oxygen atoms in total. The van der Waals surface area contributed by atoms with E-state index in [1.807, 2.05) is 22.6 Å². The number of benzene rings is 1. The van der Waals surface area contributed by atoms with Crippen LogP contribution >= 0.6 is 55.6 Å². The molecule has 0 atom stereocenters. The highest BCUT2D eigenvalue weighted by atomic mass is 127. The second-order valence-electron chi connectivity index (χ2n) is 5.29. The summed E-state index contributed by atoms with van der Waals surface area (Å²) in [6.07, 6.45) is -0.590. The maximum atomic E-state index is 11.9. The van der Waals surface area contributed by atoms with Gasteiger partial charge in [-0.25, -0.2) is 4.79 Å². The van der Waals surface area contributed by atoms with Crippen LogP contribution in [-0.4, -0.2) is 34.3 Å². The zero-order valence-electron chi connectivity index (χ0n) is 13.9. The highest BCUT2D eigenvalue weighted by Gasteiger charge is 2.22. The van der Waals surface area contributed by atoms with Crippen molar-refractivity contribution >= 4 is 75.6 Å². The standard InChI is InChI=1S/C13H17ClINO4.Cl2O2S/c1-13(2,3)20-12(17)16-11-9(14)7(18-4)6-8(19-5)10(11)15;1-5(2,3)4/h6H,1-5H3,(H,16,17);. The quantitative estimate of drug-likeness (QED) is 0.422. The zero-order valence-corrected chi connectivity index (χ0v) is 19.2. The first-order valence-electron chi connectivity index (χ1n) is 6.43. The lowest BCUT2D eigenvalue weighted by atomic mass is 10.2. The van der Waals surface area contributed by atoms with E-state index in [9.17, 15) is 4.79 Å². The van der Waals surface area contributed by atoms with Crippen molar-refractivity contribution in [2.75, 3.05) is 19.5 Å². The summed E-state index contributed by atoms with van der Waals surface area (Å²) in [7, 11) is 7.83. The lowest BCUT2D eigenvalue weighted by molar-refractivity contribution is 0.0636. The fourth-order valence-corrected chi connectivity index (χ4v) is 2.61. The van der Waals surface area contributed by atoms with Crippen LogP contribution in [0.25, 0.3) is 0 Å². The van der Waals surface area contributed by atoms with Crippen molar-refractivity contribution in [3.8, 4) is 11.5 Å². The number of rotatable bonds is 3. The average molecular weight is 549 g/mol. The summed E-state index contributed by atoms with van der Waals surface area (Å²) in [6.45, 7) is 5.35. The van der Waals surface area contributed by atoms with Crippen LogP contribution in [0.15, 0.2) is 6.07 Å². The smallest absolute Gasteiger partial charge is 0.412 e. The molecular weight excluding hydrogens is 531 g/mol. The zero-order chi connectivity index (χ0) is 20.0. The third kappa shape index (κ3) is 10.4. The van der Waals surface area contributed by atoms with Crippen molar-refractivity contribution < 1.29 is 27.4 Å². The van der Waals surface area contributed by atoms with E-state index in [2.05, 4.69) is 26.7 Å². The lowest BCUT2D eigenvalue weighted by Crippen LogP contribution is -2.27. The molecule has 1 N–H and O–H groups in total. The first kappa shape index (κ1) is 24.6. The highest BCUT2D eigenvalue weighted by molar-refractivity contribution is 14.1. The lowest BCUT2D eigenvalue weighted by Gasteiger charge is -2.21. The predicted molar refractivity (Wildman–Crippen MR) is 108 cm³/mol. The molecule has 0 saturated heterocycles. The van der Waals surface area contributed by atoms with Crippen LogP contribution in [0.1, 0.15) is 20.8 Å². The Bertz CT molecular complexity index is 685. The summed E-state index contributed by atoms with van der Waals surface area (Å²) in [5, 5.41) is 2.92. The fraction of sp³-hybridized carbons (Fsp3) is 0.462. The number of ether oxygens (including phenoxy) is 3. The highest BCUT2D eigenvalue weighted by Crippen LogP contribution is 2.41. The molecule has 0 radical (unpaired) electrons. The van der Waals surface area contributed by atoms with Gasteiger partial charge in [-0.05, 0) is 43.4 Å². The summed E-state index contributed by atoms with van der Waals surface area (Å²) in [5.41, 5.74) is -0.192. The largest absolute Gasteiger partial charge is 0.495 e. The topological polar surface area (TPSA) is 90.9 Å². The minimum Gasteiger partial charge on any atom is -0.495 e. The summed E-state index contributed by atoms with van der Waals surface area (Å²) in [4.78, 5) is 11.9. The van der Waals surface area contributed by atoms with Crippen LogP contribution < -0.4 is 14.8 Å². The first-order chi connectivity index (χ1) is 11.2. The number of methoxy groups -OCH3 is 2. The number of hydrogen-bond donors (Lipinski definition) is 1. The summed E-state index contributed by atoms with van der Waals surface area (Å²) in [6, 6.07) is 1.66. The van der Waals surface area contributed by atoms with Gasteiger partial charge >= 0.3 is 14.4 Å². The number of carbonyl (C=O) groups excluding carboxylic acids is 1. The molecule has 144 valence electrons. The van der Waals surface area contributed by atoms with E-state index >= 15 is 0 Å². The van der Waals surface area contributed by atoms with E-state index in [-0.39, 0.29) is 0 Å². The van der Waals surface area contributed by atoms with Gasteiger partial charge in [-0.3, -0.25) is 5.32 Å². The van der Waals surface area contributed by atoms with Gasteiger partial charge in [0.2, 0.25) is 0 Å². The number of anilines is 1. The number of hydrogen-bond acceptors (Lipinski definition) is 6. The molecule has 0 aromatic heterocycles. The molecule has 0 heterocycles. The number of nitrogens with one attached hydrogen (secondary N) is 1. The van der Waals surface area contributed by atoms with Crippen molar-refractivity contribution in [1.29, 1.82) is 0 Å². The van der Waals surface area contributed by atoms with Crippen molar-refractivity contribution in [1.82, 2.24) is 0 Å². The third-order valence-electron chi connectivity index (χ3n) is 2.20. The van der Waals surface area contributed by atoms with E-state index in [0.29, 0.717) is 25.8 Å². The molecular formula is C13H17Cl3INO6S. The van der Waals surface area contributed by atoms with Crippen molar-refractivity contribution in [3.63, 3.8) is 0 Å². The maximum absolute atomic E-state index is 11.9. The van der Waals surface area contributed by atoms with Gasteiger partial charge in [-0.2, -0.15) is 8.42 Å².